The van der Waals surface area contributed by atoms with Crippen LogP contribution in [0.25, 0.3) is 20.9 Å². The van der Waals surface area contributed by atoms with E-state index in [-0.39, 0.29) is 22.6 Å². The molecule has 1 rings (SSSR count). The van der Waals surface area contributed by atoms with Crippen LogP contribution in [0.4, 0.5) is 5.69 Å². The fourth-order valence-corrected chi connectivity index (χ4v) is 4.04. The van der Waals surface area contributed by atoms with E-state index >= 15 is 0 Å². The molecule has 0 unspecified atom stereocenters. The third kappa shape index (κ3) is 3.82. The summed E-state index contributed by atoms with van der Waals surface area (Å²) in [5, 5.41) is 3.77. The number of nitrogens with zero attached hydrogens (tertiary/aromatic N) is 6. The van der Waals surface area contributed by atoms with Gasteiger partial charge in [-0.2, -0.15) is 0 Å². The van der Waals surface area contributed by atoms with Crippen molar-refractivity contribution < 1.29 is 8.42 Å². The Labute approximate surface area is 142 Å². The highest BCUT2D eigenvalue weighted by Crippen LogP contribution is 2.43. The largest absolute Gasteiger partial charge is 0.264 e. The fraction of sp³-hybridized carbons (Fsp3) is 0.600. The van der Waals surface area contributed by atoms with Gasteiger partial charge in [-0.05, 0) is 45.5 Å². The van der Waals surface area contributed by atoms with E-state index in [9.17, 15) is 8.42 Å². The maximum absolute atomic E-state index is 12.6. The van der Waals surface area contributed by atoms with E-state index in [2.05, 4.69) is 19.5 Å². The number of azide groups is 2. The smallest absolute Gasteiger partial charge is 0.216 e. The summed E-state index contributed by atoms with van der Waals surface area (Å²) in [6.45, 7) is 11.3. The summed E-state index contributed by atoms with van der Waals surface area (Å²) in [6, 6.07) is 1.74. The maximum Gasteiger partial charge on any atom is 0.264 e. The van der Waals surface area contributed by atoms with E-state index < -0.39 is 10.0 Å². The van der Waals surface area contributed by atoms with Gasteiger partial charge in [-0.3, -0.25) is 0 Å². The van der Waals surface area contributed by atoms with Crippen molar-refractivity contribution in [2.45, 2.75) is 64.2 Å². The predicted molar refractivity (Wildman–Crippen MR) is 93.8 cm³/mol. The molecule has 8 nitrogen and oxygen atoms in total. The molecule has 130 valence electrons. The molecule has 0 spiro atoms. The Morgan fingerprint density at radius 3 is 1.83 bits per heavy atom. The number of hydrogen-bond acceptors (Lipinski definition) is 3. The number of benzene rings is 1. The predicted octanol–water partition coefficient (Wildman–Crippen LogP) is 6.00. The lowest BCUT2D eigenvalue weighted by Gasteiger charge is -2.24. The normalized spacial score (nSPS) is 11.5. The van der Waals surface area contributed by atoms with Crippen LogP contribution < -0.4 is 0 Å². The number of rotatable bonds is 6. The number of hydrogen-bond donors (Lipinski definition) is 0. The Hall–Kier alpha value is -2.21. The van der Waals surface area contributed by atoms with Gasteiger partial charge in [-0.1, -0.05) is 52.7 Å². The Balaban J connectivity index is 4.22. The second-order valence-corrected chi connectivity index (χ2v) is 7.97. The highest BCUT2D eigenvalue weighted by atomic mass is 32.2. The van der Waals surface area contributed by atoms with E-state index in [4.69, 9.17) is 11.1 Å². The Morgan fingerprint density at radius 1 is 0.917 bits per heavy atom. The third-order valence-corrected chi connectivity index (χ3v) is 4.97. The van der Waals surface area contributed by atoms with Crippen LogP contribution in [0.3, 0.4) is 0 Å². The van der Waals surface area contributed by atoms with Gasteiger partial charge in [0, 0.05) is 20.0 Å². The summed E-state index contributed by atoms with van der Waals surface area (Å²) in [5.74, 6) is -0.309. The molecule has 0 aliphatic carbocycles. The van der Waals surface area contributed by atoms with Gasteiger partial charge in [0.15, 0.2) is 0 Å². The van der Waals surface area contributed by atoms with Gasteiger partial charge in [-0.15, -0.1) is 0 Å². The lowest BCUT2D eigenvalue weighted by atomic mass is 9.87. The van der Waals surface area contributed by atoms with Gasteiger partial charge >= 0.3 is 0 Å². The van der Waals surface area contributed by atoms with Crippen molar-refractivity contribution >= 4 is 15.7 Å². The minimum atomic E-state index is -4.22. The summed E-state index contributed by atoms with van der Waals surface area (Å²) in [7, 11) is -4.22. The molecule has 0 fully saturated rings. The topological polar surface area (TPSA) is 132 Å². The van der Waals surface area contributed by atoms with E-state index in [1.165, 1.54) is 0 Å². The van der Waals surface area contributed by atoms with Crippen LogP contribution in [0.15, 0.2) is 20.6 Å². The van der Waals surface area contributed by atoms with Crippen molar-refractivity contribution in [1.82, 2.24) is 0 Å². The molecule has 0 heterocycles. The zero-order valence-electron chi connectivity index (χ0n) is 14.7. The summed E-state index contributed by atoms with van der Waals surface area (Å²) >= 11 is 0. The quantitative estimate of drug-likeness (QED) is 0.353. The summed E-state index contributed by atoms with van der Waals surface area (Å²) in [6.07, 6.45) is 0. The molecule has 1 aromatic rings. The molecule has 0 bridgehead atoms. The van der Waals surface area contributed by atoms with Crippen molar-refractivity contribution in [3.63, 3.8) is 0 Å². The SMILES string of the molecule is CC(C)c1cc(C(C)C)c(S(=O)(=O)N=[N+]=[N-])c(C(C)C)c1N=[N+]=[N-]. The average molecular weight is 350 g/mol. The lowest BCUT2D eigenvalue weighted by Crippen LogP contribution is -2.11. The van der Waals surface area contributed by atoms with Gasteiger partial charge in [0.1, 0.15) is 0 Å². The molecule has 0 amide bonds. The molecular formula is C15H22N6O2S. The van der Waals surface area contributed by atoms with Crippen molar-refractivity contribution in [3.8, 4) is 0 Å². The first-order valence-corrected chi connectivity index (χ1v) is 9.09. The summed E-state index contributed by atoms with van der Waals surface area (Å²) in [5.41, 5.74) is 19.6. The molecule has 9 heteroatoms. The molecule has 0 aromatic heterocycles. The van der Waals surface area contributed by atoms with Crippen LogP contribution in [-0.2, 0) is 10.0 Å². The van der Waals surface area contributed by atoms with E-state index in [0.29, 0.717) is 16.8 Å². The minimum Gasteiger partial charge on any atom is -0.216 e. The molecule has 0 saturated carbocycles. The van der Waals surface area contributed by atoms with Crippen LogP contribution in [0.1, 0.15) is 76.0 Å². The van der Waals surface area contributed by atoms with Crippen molar-refractivity contribution in [1.29, 1.82) is 0 Å². The van der Waals surface area contributed by atoms with Crippen LogP contribution in [0, 0.1) is 0 Å². The van der Waals surface area contributed by atoms with Crippen LogP contribution >= 0.6 is 0 Å². The van der Waals surface area contributed by atoms with Gasteiger partial charge < -0.3 is 0 Å². The molecule has 0 radical (unpaired) electrons. The van der Waals surface area contributed by atoms with Crippen molar-refractivity contribution in [2.24, 2.45) is 9.63 Å². The number of sulfonamides is 1. The average Bonchev–Trinajstić information content (AvgIpc) is 2.45. The molecule has 0 atom stereocenters. The van der Waals surface area contributed by atoms with E-state index in [1.807, 2.05) is 41.5 Å². The van der Waals surface area contributed by atoms with Gasteiger partial charge in [0.05, 0.1) is 4.90 Å². The fourth-order valence-electron chi connectivity index (χ4n) is 2.66. The van der Waals surface area contributed by atoms with E-state index in [1.54, 1.807) is 6.07 Å². The first-order chi connectivity index (χ1) is 11.1. The van der Waals surface area contributed by atoms with Gasteiger partial charge in [0.25, 0.3) is 10.0 Å². The molecule has 0 N–H and O–H groups in total. The summed E-state index contributed by atoms with van der Waals surface area (Å²) < 4.78 is 28.1. The minimum absolute atomic E-state index is 0.0386. The van der Waals surface area contributed by atoms with Crippen molar-refractivity contribution in [3.05, 3.63) is 43.6 Å². The van der Waals surface area contributed by atoms with E-state index in [0.717, 1.165) is 5.56 Å². The zero-order valence-corrected chi connectivity index (χ0v) is 15.5. The Bertz CT molecular complexity index is 830. The maximum atomic E-state index is 12.6. The lowest BCUT2D eigenvalue weighted by molar-refractivity contribution is 0.592. The third-order valence-electron chi connectivity index (χ3n) is 3.71. The second kappa shape index (κ2) is 7.57. The van der Waals surface area contributed by atoms with Crippen molar-refractivity contribution in [2.75, 3.05) is 0 Å². The second-order valence-electron chi connectivity index (χ2n) is 6.45. The standard InChI is InChI=1S/C15H22N6O2S/c1-8(2)11-7-12(9(3)4)15(24(22,23)21-20-17)13(10(5)6)14(11)18-19-16/h7-10H,1-6H3. The Kier molecular flexibility index (Phi) is 6.26. The summed E-state index contributed by atoms with van der Waals surface area (Å²) in [4.78, 5) is 5.27. The van der Waals surface area contributed by atoms with Crippen LogP contribution in [0.2, 0.25) is 0 Å². The first kappa shape index (κ1) is 19.8. The molecule has 24 heavy (non-hydrogen) atoms. The van der Waals surface area contributed by atoms with Crippen LogP contribution in [-0.4, -0.2) is 8.42 Å². The molecule has 0 aliphatic heterocycles. The molecule has 1 aromatic carbocycles. The highest BCUT2D eigenvalue weighted by molar-refractivity contribution is 7.90. The first-order valence-electron chi connectivity index (χ1n) is 7.65. The Morgan fingerprint density at radius 2 is 1.46 bits per heavy atom. The zero-order chi connectivity index (χ0) is 18.7. The molecule has 0 aliphatic rings. The molecular weight excluding hydrogens is 328 g/mol. The van der Waals surface area contributed by atoms with Gasteiger partial charge in [-0.25, -0.2) is 8.42 Å². The van der Waals surface area contributed by atoms with Gasteiger partial charge in [0.2, 0.25) is 0 Å². The highest BCUT2D eigenvalue weighted by Gasteiger charge is 2.29. The monoisotopic (exact) mass is 350 g/mol. The van der Waals surface area contributed by atoms with Crippen LogP contribution in [0.5, 0.6) is 0 Å². The molecule has 0 saturated heterocycles.